The van der Waals surface area contributed by atoms with E-state index in [2.05, 4.69) is 5.32 Å². The number of carbonyl (C=O) groups excluding carboxylic acids is 4. The van der Waals surface area contributed by atoms with Gasteiger partial charge in [-0.1, -0.05) is 0 Å². The molecule has 1 atom stereocenters. The van der Waals surface area contributed by atoms with Crippen LogP contribution in [-0.2, 0) is 19.2 Å². The van der Waals surface area contributed by atoms with Gasteiger partial charge in [0, 0.05) is 37.1 Å². The molecule has 0 aromatic carbocycles. The maximum absolute atomic E-state index is 12.4. The number of hydrogen-bond donors (Lipinski definition) is 1. The third kappa shape index (κ3) is 4.46. The van der Waals surface area contributed by atoms with E-state index in [1.165, 1.54) is 16.7 Å². The molecule has 0 unspecified atom stereocenters. The summed E-state index contributed by atoms with van der Waals surface area (Å²) in [5, 5.41) is 2.89. The van der Waals surface area contributed by atoms with Crippen molar-refractivity contribution in [3.8, 4) is 0 Å². The molecule has 7 nitrogen and oxygen atoms in total. The lowest BCUT2D eigenvalue weighted by Crippen LogP contribution is -2.52. The summed E-state index contributed by atoms with van der Waals surface area (Å²) in [7, 11) is 0. The molecule has 23 heavy (non-hydrogen) atoms. The Balaban J connectivity index is 1.91. The highest BCUT2D eigenvalue weighted by Crippen LogP contribution is 2.23. The van der Waals surface area contributed by atoms with Crippen molar-refractivity contribution < 1.29 is 19.2 Å². The molecular formula is C15H23N3O4S. The highest BCUT2D eigenvalue weighted by atomic mass is 32.2. The van der Waals surface area contributed by atoms with Gasteiger partial charge in [0.25, 0.3) is 0 Å². The number of amides is 4. The van der Waals surface area contributed by atoms with Crippen LogP contribution in [0.25, 0.3) is 0 Å². The smallest absolute Gasteiger partial charge is 0.244 e. The first-order valence-corrected chi connectivity index (χ1v) is 8.87. The van der Waals surface area contributed by atoms with Crippen LogP contribution in [0.5, 0.6) is 0 Å². The fourth-order valence-electron chi connectivity index (χ4n) is 2.58. The van der Waals surface area contributed by atoms with Crippen LogP contribution in [0.15, 0.2) is 0 Å². The summed E-state index contributed by atoms with van der Waals surface area (Å²) in [6.07, 6.45) is 0.518. The lowest BCUT2D eigenvalue weighted by Gasteiger charge is -2.28. The minimum Gasteiger partial charge on any atom is -0.350 e. The fourth-order valence-corrected chi connectivity index (χ4v) is 3.76. The number of thioether (sulfide) groups is 1. The van der Waals surface area contributed by atoms with Gasteiger partial charge in [0.05, 0.1) is 5.88 Å². The molecule has 2 rings (SSSR count). The summed E-state index contributed by atoms with van der Waals surface area (Å²) in [5.74, 6) is 0.222. The zero-order valence-corrected chi connectivity index (χ0v) is 14.6. The number of nitrogens with zero attached hydrogens (tertiary/aromatic N) is 2. The van der Waals surface area contributed by atoms with Gasteiger partial charge in [0.1, 0.15) is 6.04 Å². The van der Waals surface area contributed by atoms with E-state index in [4.69, 9.17) is 0 Å². The second-order valence-electron chi connectivity index (χ2n) is 6.81. The number of carbonyl (C=O) groups is 4. The molecule has 2 fully saturated rings. The van der Waals surface area contributed by atoms with E-state index in [0.29, 0.717) is 11.6 Å². The third-order valence-corrected chi connectivity index (χ3v) is 4.72. The molecule has 0 aromatic rings. The summed E-state index contributed by atoms with van der Waals surface area (Å²) in [4.78, 5) is 50.5. The van der Waals surface area contributed by atoms with E-state index in [1.54, 1.807) is 0 Å². The van der Waals surface area contributed by atoms with Crippen molar-refractivity contribution in [1.82, 2.24) is 15.1 Å². The molecule has 0 radical (unpaired) electrons. The lowest BCUT2D eigenvalue weighted by molar-refractivity contribution is -0.141. The predicted molar refractivity (Wildman–Crippen MR) is 86.4 cm³/mol. The molecule has 0 saturated carbocycles. The van der Waals surface area contributed by atoms with Crippen molar-refractivity contribution in [3.63, 3.8) is 0 Å². The number of imide groups is 1. The molecule has 2 saturated heterocycles. The molecule has 0 bridgehead atoms. The maximum Gasteiger partial charge on any atom is 0.244 e. The monoisotopic (exact) mass is 341 g/mol. The predicted octanol–water partition coefficient (Wildman–Crippen LogP) is 0.342. The first kappa shape index (κ1) is 17.8. The first-order chi connectivity index (χ1) is 10.7. The van der Waals surface area contributed by atoms with Crippen molar-refractivity contribution >= 4 is 35.4 Å². The zero-order chi connectivity index (χ0) is 17.2. The van der Waals surface area contributed by atoms with Crippen molar-refractivity contribution in [1.29, 1.82) is 0 Å². The Morgan fingerprint density at radius 1 is 1.22 bits per heavy atom. The van der Waals surface area contributed by atoms with Gasteiger partial charge in [-0.05, 0) is 20.8 Å². The van der Waals surface area contributed by atoms with Gasteiger partial charge in [0.15, 0.2) is 0 Å². The van der Waals surface area contributed by atoms with Crippen LogP contribution >= 0.6 is 11.8 Å². The van der Waals surface area contributed by atoms with Gasteiger partial charge >= 0.3 is 0 Å². The average molecular weight is 341 g/mol. The normalized spacial score (nSPS) is 22.0. The molecule has 2 heterocycles. The minimum atomic E-state index is -0.489. The summed E-state index contributed by atoms with van der Waals surface area (Å²) < 4.78 is 0. The minimum absolute atomic E-state index is 0.0668. The van der Waals surface area contributed by atoms with Crippen LogP contribution in [0, 0.1) is 0 Å². The molecule has 2 aliphatic rings. The maximum atomic E-state index is 12.4. The summed E-state index contributed by atoms with van der Waals surface area (Å²) in [6, 6.07) is -0.489. The zero-order valence-electron chi connectivity index (χ0n) is 13.8. The SMILES string of the molecule is CC(C)(C)NC(=O)[C@H]1CSCN1C(=O)CCN1C(=O)CCC1=O. The first-order valence-electron chi connectivity index (χ1n) is 7.71. The molecule has 4 amide bonds. The Morgan fingerprint density at radius 3 is 2.39 bits per heavy atom. The van der Waals surface area contributed by atoms with Gasteiger partial charge in [0.2, 0.25) is 23.6 Å². The fraction of sp³-hybridized carbons (Fsp3) is 0.733. The Bertz CT molecular complexity index is 513. The van der Waals surface area contributed by atoms with Crippen LogP contribution in [0.1, 0.15) is 40.0 Å². The summed E-state index contributed by atoms with van der Waals surface area (Å²) in [6.45, 7) is 5.78. The van der Waals surface area contributed by atoms with Crippen LogP contribution in [0.4, 0.5) is 0 Å². The standard InChI is InChI=1S/C15H23N3O4S/c1-15(2,3)16-14(22)10-8-23-9-18(10)13(21)6-7-17-11(19)4-5-12(17)20/h10H,4-9H2,1-3H3,(H,16,22)/t10-/m1/s1. The molecule has 0 aliphatic carbocycles. The van der Waals surface area contributed by atoms with Crippen LogP contribution in [0.3, 0.4) is 0 Å². The molecule has 0 aromatic heterocycles. The van der Waals surface area contributed by atoms with Crippen molar-refractivity contribution in [2.75, 3.05) is 18.2 Å². The molecule has 128 valence electrons. The molecule has 2 aliphatic heterocycles. The van der Waals surface area contributed by atoms with E-state index in [1.807, 2.05) is 20.8 Å². The van der Waals surface area contributed by atoms with Crippen molar-refractivity contribution in [2.24, 2.45) is 0 Å². The van der Waals surface area contributed by atoms with Crippen LogP contribution in [0.2, 0.25) is 0 Å². The lowest BCUT2D eigenvalue weighted by atomic mass is 10.1. The Labute approximate surface area is 140 Å². The van der Waals surface area contributed by atoms with Crippen LogP contribution < -0.4 is 5.32 Å². The van der Waals surface area contributed by atoms with Gasteiger partial charge in [-0.15, -0.1) is 11.8 Å². The van der Waals surface area contributed by atoms with E-state index in [9.17, 15) is 19.2 Å². The van der Waals surface area contributed by atoms with E-state index in [-0.39, 0.29) is 55.0 Å². The third-order valence-electron chi connectivity index (χ3n) is 3.71. The Hall–Kier alpha value is -1.57. The van der Waals surface area contributed by atoms with Gasteiger partial charge in [-0.3, -0.25) is 24.1 Å². The van der Waals surface area contributed by atoms with Crippen LogP contribution in [-0.4, -0.2) is 63.2 Å². The highest BCUT2D eigenvalue weighted by molar-refractivity contribution is 7.99. The molecule has 0 spiro atoms. The second-order valence-corrected chi connectivity index (χ2v) is 7.81. The largest absolute Gasteiger partial charge is 0.350 e. The highest BCUT2D eigenvalue weighted by Gasteiger charge is 2.36. The quantitative estimate of drug-likeness (QED) is 0.745. The Kier molecular flexibility index (Phi) is 5.33. The molecule has 1 N–H and O–H groups in total. The average Bonchev–Trinajstić information content (AvgIpc) is 3.03. The topological polar surface area (TPSA) is 86.8 Å². The number of nitrogens with one attached hydrogen (secondary N) is 1. The van der Waals surface area contributed by atoms with E-state index >= 15 is 0 Å². The van der Waals surface area contributed by atoms with Crippen molar-refractivity contribution in [3.05, 3.63) is 0 Å². The van der Waals surface area contributed by atoms with E-state index in [0.717, 1.165) is 4.90 Å². The Morgan fingerprint density at radius 2 is 1.83 bits per heavy atom. The van der Waals surface area contributed by atoms with E-state index < -0.39 is 6.04 Å². The number of rotatable bonds is 4. The molecule has 8 heteroatoms. The van der Waals surface area contributed by atoms with Gasteiger partial charge < -0.3 is 10.2 Å². The second kappa shape index (κ2) is 6.90. The summed E-state index contributed by atoms with van der Waals surface area (Å²) in [5.41, 5.74) is -0.354. The molecular weight excluding hydrogens is 318 g/mol. The number of likely N-dealkylation sites (tertiary alicyclic amines) is 1. The van der Waals surface area contributed by atoms with Gasteiger partial charge in [-0.2, -0.15) is 0 Å². The summed E-state index contributed by atoms with van der Waals surface area (Å²) >= 11 is 1.53. The van der Waals surface area contributed by atoms with Crippen molar-refractivity contribution in [2.45, 2.75) is 51.6 Å². The number of hydrogen-bond acceptors (Lipinski definition) is 5. The van der Waals surface area contributed by atoms with Gasteiger partial charge in [-0.25, -0.2) is 0 Å².